The molecule has 8 heteroatoms. The maximum atomic E-state index is 11.6. The third-order valence-electron chi connectivity index (χ3n) is 2.41. The standard InChI is InChI=1S/C9H11ClN4O3/c1-3-5-4-17-9(15)14(5)7-11-6(10)12-8(13-7)16-2/h5H,3-4H2,1-2H3/t5-/m0/s1. The number of aromatic nitrogens is 3. The number of rotatable bonds is 3. The molecule has 1 fully saturated rings. The highest BCUT2D eigenvalue weighted by atomic mass is 35.5. The van der Waals surface area contributed by atoms with Crippen molar-refractivity contribution < 1.29 is 14.3 Å². The lowest BCUT2D eigenvalue weighted by Gasteiger charge is -2.17. The van der Waals surface area contributed by atoms with E-state index in [1.165, 1.54) is 12.0 Å². The third-order valence-corrected chi connectivity index (χ3v) is 2.58. The summed E-state index contributed by atoms with van der Waals surface area (Å²) in [5, 5.41) is -0.0265. The summed E-state index contributed by atoms with van der Waals surface area (Å²) in [5.74, 6) is 0.149. The Hall–Kier alpha value is -1.63. The Kier molecular flexibility index (Phi) is 3.28. The van der Waals surface area contributed by atoms with Crippen LogP contribution in [0.15, 0.2) is 0 Å². The van der Waals surface area contributed by atoms with Gasteiger partial charge in [0.2, 0.25) is 11.2 Å². The lowest BCUT2D eigenvalue weighted by molar-refractivity contribution is 0.178. The van der Waals surface area contributed by atoms with E-state index in [0.717, 1.165) is 6.42 Å². The van der Waals surface area contributed by atoms with Gasteiger partial charge in [-0.3, -0.25) is 0 Å². The van der Waals surface area contributed by atoms with Crippen LogP contribution in [0.2, 0.25) is 5.28 Å². The van der Waals surface area contributed by atoms with Crippen molar-refractivity contribution in [1.82, 2.24) is 15.0 Å². The molecule has 1 atom stereocenters. The van der Waals surface area contributed by atoms with Gasteiger partial charge in [-0.1, -0.05) is 6.92 Å². The van der Waals surface area contributed by atoms with E-state index in [-0.39, 0.29) is 23.3 Å². The van der Waals surface area contributed by atoms with Crippen molar-refractivity contribution in [3.05, 3.63) is 5.28 Å². The summed E-state index contributed by atoms with van der Waals surface area (Å²) in [6, 6.07) is -0.0276. The van der Waals surface area contributed by atoms with E-state index in [9.17, 15) is 4.79 Å². The minimum absolute atomic E-state index is 0.0265. The third kappa shape index (κ3) is 2.23. The molecule has 1 saturated heterocycles. The molecule has 0 N–H and O–H groups in total. The minimum Gasteiger partial charge on any atom is -0.467 e. The number of hydrogen-bond donors (Lipinski definition) is 0. The van der Waals surface area contributed by atoms with E-state index in [2.05, 4.69) is 15.0 Å². The van der Waals surface area contributed by atoms with Gasteiger partial charge in [-0.05, 0) is 18.0 Å². The normalized spacial score (nSPS) is 19.4. The molecule has 0 unspecified atom stereocenters. The summed E-state index contributed by atoms with van der Waals surface area (Å²) in [5.41, 5.74) is 0. The Morgan fingerprint density at radius 3 is 2.94 bits per heavy atom. The predicted molar refractivity (Wildman–Crippen MR) is 59.3 cm³/mol. The fourth-order valence-corrected chi connectivity index (χ4v) is 1.67. The summed E-state index contributed by atoms with van der Waals surface area (Å²) in [4.78, 5) is 24.6. The lowest BCUT2D eigenvalue weighted by Crippen LogP contribution is -2.34. The first-order valence-corrected chi connectivity index (χ1v) is 5.45. The van der Waals surface area contributed by atoms with E-state index in [4.69, 9.17) is 21.1 Å². The summed E-state index contributed by atoms with van der Waals surface area (Å²) in [7, 11) is 1.41. The molecule has 1 aromatic heterocycles. The molecule has 7 nitrogen and oxygen atoms in total. The zero-order valence-corrected chi connectivity index (χ0v) is 10.1. The molecule has 0 spiro atoms. The Labute approximate surface area is 103 Å². The number of anilines is 1. The van der Waals surface area contributed by atoms with Gasteiger partial charge in [0.15, 0.2) is 0 Å². The molecular weight excluding hydrogens is 248 g/mol. The second kappa shape index (κ2) is 4.70. The molecule has 17 heavy (non-hydrogen) atoms. The molecule has 0 saturated carbocycles. The van der Waals surface area contributed by atoms with Crippen LogP contribution in [0.3, 0.4) is 0 Å². The Morgan fingerprint density at radius 2 is 2.29 bits per heavy atom. The van der Waals surface area contributed by atoms with Crippen LogP contribution >= 0.6 is 11.6 Å². The summed E-state index contributed by atoms with van der Waals surface area (Å²) in [6.45, 7) is 2.26. The van der Waals surface area contributed by atoms with Gasteiger partial charge in [-0.2, -0.15) is 15.0 Å². The smallest absolute Gasteiger partial charge is 0.417 e. The molecule has 1 aromatic rings. The van der Waals surface area contributed by atoms with Crippen molar-refractivity contribution in [3.8, 4) is 6.01 Å². The van der Waals surface area contributed by atoms with Gasteiger partial charge in [0.05, 0.1) is 13.2 Å². The van der Waals surface area contributed by atoms with Gasteiger partial charge >= 0.3 is 12.1 Å². The van der Waals surface area contributed by atoms with Crippen LogP contribution in [0.5, 0.6) is 6.01 Å². The van der Waals surface area contributed by atoms with E-state index >= 15 is 0 Å². The maximum Gasteiger partial charge on any atom is 0.417 e. The number of halogens is 1. The number of hydrogen-bond acceptors (Lipinski definition) is 6. The molecule has 0 bridgehead atoms. The second-order valence-electron chi connectivity index (χ2n) is 3.40. The first-order chi connectivity index (χ1) is 8.15. The predicted octanol–water partition coefficient (Wildman–Crippen LogP) is 1.27. The van der Waals surface area contributed by atoms with Crippen LogP contribution < -0.4 is 9.64 Å². The number of ether oxygens (including phenoxy) is 2. The molecule has 1 amide bonds. The maximum absolute atomic E-state index is 11.6. The molecule has 2 heterocycles. The Morgan fingerprint density at radius 1 is 1.53 bits per heavy atom. The van der Waals surface area contributed by atoms with Crippen LogP contribution in [0.25, 0.3) is 0 Å². The number of methoxy groups -OCH3 is 1. The van der Waals surface area contributed by atoms with Gasteiger partial charge < -0.3 is 9.47 Å². The molecular formula is C9H11ClN4O3. The highest BCUT2D eigenvalue weighted by molar-refractivity contribution is 6.28. The van der Waals surface area contributed by atoms with Crippen LogP contribution in [-0.4, -0.2) is 40.8 Å². The van der Waals surface area contributed by atoms with Gasteiger partial charge in [0.25, 0.3) is 0 Å². The highest BCUT2D eigenvalue weighted by Gasteiger charge is 2.35. The Balaban J connectivity index is 2.38. The van der Waals surface area contributed by atoms with Gasteiger partial charge in [-0.25, -0.2) is 9.69 Å². The number of amides is 1. The molecule has 1 aliphatic heterocycles. The fraction of sp³-hybridized carbons (Fsp3) is 0.556. The molecule has 92 valence electrons. The first-order valence-electron chi connectivity index (χ1n) is 5.07. The van der Waals surface area contributed by atoms with E-state index in [0.29, 0.717) is 6.61 Å². The summed E-state index contributed by atoms with van der Waals surface area (Å²) in [6.07, 6.45) is 0.248. The molecule has 2 rings (SSSR count). The number of nitrogens with zero attached hydrogens (tertiary/aromatic N) is 4. The van der Waals surface area contributed by atoms with E-state index in [1.54, 1.807) is 0 Å². The van der Waals surface area contributed by atoms with Crippen LogP contribution in [0, 0.1) is 0 Å². The molecule has 1 aliphatic rings. The van der Waals surface area contributed by atoms with Crippen molar-refractivity contribution >= 4 is 23.6 Å². The topological polar surface area (TPSA) is 77.4 Å². The lowest BCUT2D eigenvalue weighted by atomic mass is 10.2. The minimum atomic E-state index is -0.485. The Bertz CT molecular complexity index is 442. The summed E-state index contributed by atoms with van der Waals surface area (Å²) >= 11 is 5.72. The SMILES string of the molecule is CC[C@H]1COC(=O)N1c1nc(Cl)nc(OC)n1. The van der Waals surface area contributed by atoms with Crippen molar-refractivity contribution in [2.24, 2.45) is 0 Å². The largest absolute Gasteiger partial charge is 0.467 e. The van der Waals surface area contributed by atoms with Gasteiger partial charge in [0.1, 0.15) is 6.61 Å². The van der Waals surface area contributed by atoms with Crippen molar-refractivity contribution in [2.45, 2.75) is 19.4 Å². The van der Waals surface area contributed by atoms with Crippen LogP contribution in [0.4, 0.5) is 10.7 Å². The number of carbonyl (C=O) groups excluding carboxylic acids is 1. The highest BCUT2D eigenvalue weighted by Crippen LogP contribution is 2.23. The molecule has 0 aliphatic carbocycles. The molecule has 0 aromatic carbocycles. The van der Waals surface area contributed by atoms with E-state index < -0.39 is 6.09 Å². The van der Waals surface area contributed by atoms with Crippen molar-refractivity contribution in [1.29, 1.82) is 0 Å². The van der Waals surface area contributed by atoms with Gasteiger partial charge in [0, 0.05) is 0 Å². The van der Waals surface area contributed by atoms with E-state index in [1.807, 2.05) is 6.92 Å². The van der Waals surface area contributed by atoms with Crippen molar-refractivity contribution in [2.75, 3.05) is 18.6 Å². The first kappa shape index (κ1) is 11.8. The average molecular weight is 259 g/mol. The quantitative estimate of drug-likeness (QED) is 0.812. The average Bonchev–Trinajstić information content (AvgIpc) is 2.69. The summed E-state index contributed by atoms with van der Waals surface area (Å²) < 4.78 is 9.81. The van der Waals surface area contributed by atoms with Gasteiger partial charge in [-0.15, -0.1) is 0 Å². The molecule has 0 radical (unpaired) electrons. The fourth-order valence-electron chi connectivity index (χ4n) is 1.53. The number of cyclic esters (lactones) is 1. The zero-order valence-electron chi connectivity index (χ0n) is 9.38. The number of carbonyl (C=O) groups is 1. The monoisotopic (exact) mass is 258 g/mol. The second-order valence-corrected chi connectivity index (χ2v) is 3.74. The zero-order chi connectivity index (χ0) is 12.4. The van der Waals surface area contributed by atoms with Crippen LogP contribution in [0.1, 0.15) is 13.3 Å². The van der Waals surface area contributed by atoms with Crippen molar-refractivity contribution in [3.63, 3.8) is 0 Å². The van der Waals surface area contributed by atoms with Crippen LogP contribution in [-0.2, 0) is 4.74 Å².